The van der Waals surface area contributed by atoms with Crippen LogP contribution in [0.15, 0.2) is 34.7 Å². The average molecular weight is 241 g/mol. The van der Waals surface area contributed by atoms with Gasteiger partial charge < -0.3 is 9.73 Å². The summed E-state index contributed by atoms with van der Waals surface area (Å²) in [5, 5.41) is 11.6. The first-order chi connectivity index (χ1) is 8.74. The normalized spacial score (nSPS) is 11.0. The number of para-hydroxylation sites is 1. The third-order valence-corrected chi connectivity index (χ3v) is 3.04. The number of furan rings is 1. The Morgan fingerprint density at radius 3 is 2.83 bits per heavy atom. The quantitative estimate of drug-likeness (QED) is 0.739. The van der Waals surface area contributed by atoms with Crippen LogP contribution in [0, 0.1) is 13.8 Å². The lowest BCUT2D eigenvalue weighted by Crippen LogP contribution is -1.99. The van der Waals surface area contributed by atoms with Crippen molar-refractivity contribution in [3.05, 3.63) is 47.5 Å². The van der Waals surface area contributed by atoms with E-state index >= 15 is 0 Å². The largest absolute Gasteiger partial charge is 0.459 e. The summed E-state index contributed by atoms with van der Waals surface area (Å²) in [7, 11) is 0. The summed E-state index contributed by atoms with van der Waals surface area (Å²) < 4.78 is 5.75. The number of nitrogens with one attached hydrogen (secondary N) is 2. The van der Waals surface area contributed by atoms with Crippen molar-refractivity contribution in [3.8, 4) is 0 Å². The van der Waals surface area contributed by atoms with Gasteiger partial charge in [0.1, 0.15) is 11.3 Å². The molecule has 0 atom stereocenters. The van der Waals surface area contributed by atoms with Gasteiger partial charge in [-0.05, 0) is 26.0 Å². The number of hydrogen-bond acceptors (Lipinski definition) is 3. The van der Waals surface area contributed by atoms with Gasteiger partial charge >= 0.3 is 0 Å². The molecule has 0 saturated heterocycles. The summed E-state index contributed by atoms with van der Waals surface area (Å²) >= 11 is 0. The van der Waals surface area contributed by atoms with Crippen molar-refractivity contribution >= 4 is 16.7 Å². The van der Waals surface area contributed by atoms with E-state index in [0.29, 0.717) is 6.54 Å². The Balaban J connectivity index is 1.81. The van der Waals surface area contributed by atoms with Crippen molar-refractivity contribution in [2.75, 3.05) is 5.32 Å². The maximum atomic E-state index is 5.75. The molecule has 3 rings (SSSR count). The lowest BCUT2D eigenvalue weighted by atomic mass is 10.2. The summed E-state index contributed by atoms with van der Waals surface area (Å²) in [4.78, 5) is 0. The molecule has 0 aliphatic rings. The average Bonchev–Trinajstić information content (AvgIpc) is 2.91. The van der Waals surface area contributed by atoms with Gasteiger partial charge in [0.15, 0.2) is 0 Å². The minimum atomic E-state index is 0.663. The van der Waals surface area contributed by atoms with Crippen LogP contribution < -0.4 is 5.32 Å². The van der Waals surface area contributed by atoms with E-state index in [2.05, 4.69) is 27.6 Å². The van der Waals surface area contributed by atoms with E-state index in [-0.39, 0.29) is 0 Å². The van der Waals surface area contributed by atoms with Gasteiger partial charge in [-0.2, -0.15) is 5.10 Å². The van der Waals surface area contributed by atoms with Crippen LogP contribution in [-0.2, 0) is 6.54 Å². The molecule has 0 saturated carbocycles. The lowest BCUT2D eigenvalue weighted by Gasteiger charge is -2.03. The highest BCUT2D eigenvalue weighted by molar-refractivity contribution is 5.77. The second kappa shape index (κ2) is 4.22. The number of benzene rings is 1. The molecule has 18 heavy (non-hydrogen) atoms. The van der Waals surface area contributed by atoms with Gasteiger partial charge in [0.2, 0.25) is 0 Å². The fourth-order valence-electron chi connectivity index (χ4n) is 2.11. The van der Waals surface area contributed by atoms with E-state index in [1.165, 1.54) is 0 Å². The molecule has 2 heterocycles. The third-order valence-electron chi connectivity index (χ3n) is 3.04. The molecule has 0 aliphatic heterocycles. The molecular weight excluding hydrogens is 226 g/mol. The Morgan fingerprint density at radius 1 is 1.28 bits per heavy atom. The molecule has 92 valence electrons. The number of fused-ring (bicyclic) bond motifs is 1. The van der Waals surface area contributed by atoms with Crippen LogP contribution in [0.3, 0.4) is 0 Å². The first-order valence-electron chi connectivity index (χ1n) is 5.97. The molecule has 1 aromatic carbocycles. The van der Waals surface area contributed by atoms with Gasteiger partial charge in [-0.25, -0.2) is 0 Å². The molecule has 0 fully saturated rings. The van der Waals surface area contributed by atoms with Gasteiger partial charge in [-0.3, -0.25) is 5.10 Å². The standard InChI is InChI=1S/C14H15N3O/c1-9-14(10(2)17-16-9)15-8-12-7-11-5-3-4-6-13(11)18-12/h3-7,15H,8H2,1-2H3,(H,16,17). The molecule has 0 radical (unpaired) electrons. The minimum Gasteiger partial charge on any atom is -0.459 e. The highest BCUT2D eigenvalue weighted by atomic mass is 16.3. The number of aryl methyl sites for hydroxylation is 2. The van der Waals surface area contributed by atoms with Crippen LogP contribution in [0.5, 0.6) is 0 Å². The van der Waals surface area contributed by atoms with Gasteiger partial charge in [-0.15, -0.1) is 0 Å². The van der Waals surface area contributed by atoms with E-state index in [9.17, 15) is 0 Å². The van der Waals surface area contributed by atoms with Crippen molar-refractivity contribution in [2.24, 2.45) is 0 Å². The zero-order chi connectivity index (χ0) is 12.5. The smallest absolute Gasteiger partial charge is 0.134 e. The molecular formula is C14H15N3O. The number of H-pyrrole nitrogens is 1. The Labute approximate surface area is 105 Å². The highest BCUT2D eigenvalue weighted by Gasteiger charge is 2.07. The van der Waals surface area contributed by atoms with E-state index < -0.39 is 0 Å². The summed E-state index contributed by atoms with van der Waals surface area (Å²) in [5.74, 6) is 0.927. The van der Waals surface area contributed by atoms with Crippen LogP contribution in [0.2, 0.25) is 0 Å². The predicted molar refractivity (Wildman–Crippen MR) is 71.6 cm³/mol. The minimum absolute atomic E-state index is 0.663. The molecule has 0 amide bonds. The molecule has 2 aromatic heterocycles. The van der Waals surface area contributed by atoms with Crippen LogP contribution in [-0.4, -0.2) is 10.2 Å². The number of aromatic amines is 1. The van der Waals surface area contributed by atoms with Crippen LogP contribution in [0.25, 0.3) is 11.0 Å². The van der Waals surface area contributed by atoms with E-state index in [1.54, 1.807) is 0 Å². The van der Waals surface area contributed by atoms with Crippen molar-refractivity contribution < 1.29 is 4.42 Å². The third kappa shape index (κ3) is 1.86. The maximum absolute atomic E-state index is 5.75. The zero-order valence-corrected chi connectivity index (χ0v) is 10.4. The van der Waals surface area contributed by atoms with Crippen LogP contribution in [0.1, 0.15) is 17.1 Å². The Morgan fingerprint density at radius 2 is 2.11 bits per heavy atom. The Kier molecular flexibility index (Phi) is 2.55. The van der Waals surface area contributed by atoms with Gasteiger partial charge in [0.25, 0.3) is 0 Å². The topological polar surface area (TPSA) is 53.9 Å². The molecule has 0 aliphatic carbocycles. The summed E-state index contributed by atoms with van der Waals surface area (Å²) in [6, 6.07) is 10.1. The number of rotatable bonds is 3. The summed E-state index contributed by atoms with van der Waals surface area (Å²) in [5.41, 5.74) is 4.00. The summed E-state index contributed by atoms with van der Waals surface area (Å²) in [6.07, 6.45) is 0. The molecule has 4 nitrogen and oxygen atoms in total. The molecule has 0 unspecified atom stereocenters. The van der Waals surface area contributed by atoms with E-state index in [0.717, 1.165) is 33.8 Å². The predicted octanol–water partition coefficient (Wildman–Crippen LogP) is 3.38. The van der Waals surface area contributed by atoms with Crippen molar-refractivity contribution in [3.63, 3.8) is 0 Å². The molecule has 4 heteroatoms. The lowest BCUT2D eigenvalue weighted by molar-refractivity contribution is 0.559. The molecule has 3 aromatic rings. The van der Waals surface area contributed by atoms with Crippen molar-refractivity contribution in [1.29, 1.82) is 0 Å². The van der Waals surface area contributed by atoms with Crippen molar-refractivity contribution in [2.45, 2.75) is 20.4 Å². The van der Waals surface area contributed by atoms with Gasteiger partial charge in [0, 0.05) is 5.39 Å². The first kappa shape index (κ1) is 10.9. The van der Waals surface area contributed by atoms with E-state index in [1.807, 2.05) is 32.0 Å². The second-order valence-corrected chi connectivity index (χ2v) is 4.41. The fourth-order valence-corrected chi connectivity index (χ4v) is 2.11. The van der Waals surface area contributed by atoms with Gasteiger partial charge in [-0.1, -0.05) is 18.2 Å². The zero-order valence-electron chi connectivity index (χ0n) is 10.4. The number of nitrogens with zero attached hydrogens (tertiary/aromatic N) is 1. The first-order valence-corrected chi connectivity index (χ1v) is 5.97. The van der Waals surface area contributed by atoms with Crippen LogP contribution in [0.4, 0.5) is 5.69 Å². The van der Waals surface area contributed by atoms with Crippen LogP contribution >= 0.6 is 0 Å². The molecule has 0 bridgehead atoms. The van der Waals surface area contributed by atoms with Gasteiger partial charge in [0.05, 0.1) is 23.6 Å². The van der Waals surface area contributed by atoms with E-state index in [4.69, 9.17) is 4.42 Å². The number of anilines is 1. The molecule has 0 spiro atoms. The van der Waals surface area contributed by atoms with Crippen molar-refractivity contribution in [1.82, 2.24) is 10.2 Å². The Bertz CT molecular complexity index is 629. The monoisotopic (exact) mass is 241 g/mol. The SMILES string of the molecule is Cc1n[nH]c(C)c1NCc1cc2ccccc2o1. The Hall–Kier alpha value is -2.23. The maximum Gasteiger partial charge on any atom is 0.134 e. The molecule has 2 N–H and O–H groups in total. The number of aromatic nitrogens is 2. The summed E-state index contributed by atoms with van der Waals surface area (Å²) in [6.45, 7) is 4.64. The second-order valence-electron chi connectivity index (χ2n) is 4.41. The fraction of sp³-hybridized carbons (Fsp3) is 0.214. The number of hydrogen-bond donors (Lipinski definition) is 2. The highest BCUT2D eigenvalue weighted by Crippen LogP contribution is 2.21.